The van der Waals surface area contributed by atoms with Crippen LogP contribution in [0.15, 0.2) is 30.8 Å². The fourth-order valence-electron chi connectivity index (χ4n) is 5.48. The molecule has 8 nitrogen and oxygen atoms in total. The van der Waals surface area contributed by atoms with Crippen LogP contribution in [0.3, 0.4) is 0 Å². The summed E-state index contributed by atoms with van der Waals surface area (Å²) < 4.78 is 4.73. The van der Waals surface area contributed by atoms with Gasteiger partial charge < -0.3 is 21.1 Å². The van der Waals surface area contributed by atoms with Gasteiger partial charge in [0, 0.05) is 38.4 Å². The number of nitrogens with two attached hydrogens (primary N) is 1. The van der Waals surface area contributed by atoms with Crippen LogP contribution in [0.5, 0.6) is 0 Å². The van der Waals surface area contributed by atoms with Gasteiger partial charge in [-0.25, -0.2) is 4.79 Å². The minimum atomic E-state index is -0.585. The molecule has 2 aromatic rings. The predicted molar refractivity (Wildman–Crippen MR) is 158 cm³/mol. The summed E-state index contributed by atoms with van der Waals surface area (Å²) >= 11 is 1.64. The van der Waals surface area contributed by atoms with Crippen LogP contribution in [-0.4, -0.2) is 31.6 Å². The molecule has 1 aromatic carbocycles. The Morgan fingerprint density at radius 1 is 1.13 bits per heavy atom. The lowest BCUT2D eigenvalue weighted by atomic mass is 9.81. The van der Waals surface area contributed by atoms with Crippen LogP contribution in [0.1, 0.15) is 74.6 Å². The van der Waals surface area contributed by atoms with Crippen molar-refractivity contribution in [3.8, 4) is 11.1 Å². The molecule has 2 bridgehead atoms. The molecule has 2 aliphatic rings. The molecular weight excluding hydrogens is 512 g/mol. The number of allylic oxidation sites excluding steroid dienone is 1. The second-order valence-electron chi connectivity index (χ2n) is 10.9. The van der Waals surface area contributed by atoms with E-state index in [-0.39, 0.29) is 29.7 Å². The van der Waals surface area contributed by atoms with E-state index in [0.717, 1.165) is 65.0 Å². The first-order valence-corrected chi connectivity index (χ1v) is 14.6. The smallest absolute Gasteiger partial charge is 0.411 e. The molecule has 3 amide bonds. The average molecular weight is 553 g/mol. The molecule has 1 aliphatic heterocycles. The van der Waals surface area contributed by atoms with Crippen LogP contribution in [0.2, 0.25) is 0 Å². The zero-order valence-electron chi connectivity index (χ0n) is 23.1. The summed E-state index contributed by atoms with van der Waals surface area (Å²) in [4.78, 5) is 40.4. The molecule has 1 fully saturated rings. The van der Waals surface area contributed by atoms with Crippen molar-refractivity contribution in [1.29, 1.82) is 0 Å². The largest absolute Gasteiger partial charge is 0.453 e. The lowest BCUT2D eigenvalue weighted by Gasteiger charge is -2.28. The first-order chi connectivity index (χ1) is 18.7. The minimum absolute atomic E-state index is 0.0142. The number of ether oxygens (including phenoxy) is 1. The van der Waals surface area contributed by atoms with Gasteiger partial charge in [0.2, 0.25) is 11.8 Å². The van der Waals surface area contributed by atoms with Crippen LogP contribution < -0.4 is 21.7 Å². The Balaban J connectivity index is 1.71. The highest BCUT2D eigenvalue weighted by molar-refractivity contribution is 7.13. The van der Waals surface area contributed by atoms with Crippen molar-refractivity contribution < 1.29 is 19.1 Å². The molecule has 4 rings (SSSR count). The number of hydrogen-bond donors (Lipinski definition) is 4. The number of methoxy groups -OCH3 is 1. The van der Waals surface area contributed by atoms with Crippen molar-refractivity contribution >= 4 is 46.2 Å². The highest BCUT2D eigenvalue weighted by Crippen LogP contribution is 2.43. The van der Waals surface area contributed by atoms with Crippen LogP contribution in [0, 0.1) is 17.8 Å². The summed E-state index contributed by atoms with van der Waals surface area (Å²) in [5.41, 5.74) is 9.65. The van der Waals surface area contributed by atoms with Crippen molar-refractivity contribution in [2.75, 3.05) is 24.3 Å². The fourth-order valence-corrected chi connectivity index (χ4v) is 6.66. The Hall–Kier alpha value is -3.17. The zero-order valence-corrected chi connectivity index (χ0v) is 23.9. The molecule has 0 saturated heterocycles. The second kappa shape index (κ2) is 12.8. The van der Waals surface area contributed by atoms with E-state index in [1.807, 2.05) is 19.9 Å². The van der Waals surface area contributed by atoms with E-state index in [9.17, 15) is 14.4 Å². The molecule has 39 heavy (non-hydrogen) atoms. The number of hydrogen-bond acceptors (Lipinski definition) is 6. The second-order valence-corrected chi connectivity index (χ2v) is 12.0. The van der Waals surface area contributed by atoms with Gasteiger partial charge in [-0.3, -0.25) is 14.9 Å². The fraction of sp³-hybridized carbons (Fsp3) is 0.500. The van der Waals surface area contributed by atoms with Crippen molar-refractivity contribution in [1.82, 2.24) is 5.32 Å². The molecular formula is C30H40N4O4S. The third kappa shape index (κ3) is 6.89. The van der Waals surface area contributed by atoms with Crippen molar-refractivity contribution in [3.05, 3.63) is 40.6 Å². The topological polar surface area (TPSA) is 123 Å². The van der Waals surface area contributed by atoms with E-state index in [1.54, 1.807) is 23.5 Å². The minimum Gasteiger partial charge on any atom is -0.453 e. The normalized spacial score (nSPS) is 23.3. The van der Waals surface area contributed by atoms with Crippen LogP contribution >= 0.6 is 11.3 Å². The number of carbonyl (C=O) groups excluding carboxylic acids is 3. The maximum atomic E-state index is 13.4. The van der Waals surface area contributed by atoms with Gasteiger partial charge in [-0.2, -0.15) is 0 Å². The third-order valence-electron chi connectivity index (χ3n) is 7.93. The molecule has 2 heterocycles. The number of benzene rings is 1. The monoisotopic (exact) mass is 552 g/mol. The third-order valence-corrected chi connectivity index (χ3v) is 9.34. The lowest BCUT2D eigenvalue weighted by molar-refractivity contribution is -0.127. The maximum Gasteiger partial charge on any atom is 0.411 e. The Morgan fingerprint density at radius 2 is 1.87 bits per heavy atom. The molecule has 0 unspecified atom stereocenters. The van der Waals surface area contributed by atoms with E-state index in [2.05, 4.69) is 28.6 Å². The van der Waals surface area contributed by atoms with E-state index >= 15 is 0 Å². The summed E-state index contributed by atoms with van der Waals surface area (Å²) in [5.74, 6) is 0.340. The van der Waals surface area contributed by atoms with Gasteiger partial charge in [-0.15, -0.1) is 11.3 Å². The van der Waals surface area contributed by atoms with Crippen molar-refractivity contribution in [3.63, 3.8) is 0 Å². The molecule has 1 aliphatic carbocycles. The van der Waals surface area contributed by atoms with Crippen LogP contribution in [0.4, 0.5) is 16.2 Å². The number of amides is 3. The Bertz CT molecular complexity index is 1230. The highest BCUT2D eigenvalue weighted by Gasteiger charge is 2.29. The number of rotatable bonds is 5. The van der Waals surface area contributed by atoms with Gasteiger partial charge in [0.1, 0.15) is 0 Å². The van der Waals surface area contributed by atoms with Gasteiger partial charge in [0.25, 0.3) is 0 Å². The van der Waals surface area contributed by atoms with Crippen molar-refractivity contribution in [2.24, 2.45) is 23.5 Å². The van der Waals surface area contributed by atoms with Crippen LogP contribution in [0.25, 0.3) is 16.7 Å². The number of anilines is 2. The molecule has 0 radical (unpaired) electrons. The quantitative estimate of drug-likeness (QED) is 0.346. The molecule has 5 N–H and O–H groups in total. The molecule has 2 atom stereocenters. The SMILES string of the molecule is C=C(C)c1sc2cc1-c1ccc(NC(=O)OC)cc1NC(=O)[C@H](C)CCC[C@@H]2NC(=O)[C@H]1CC[C@H](CN)CC1. The Morgan fingerprint density at radius 3 is 2.54 bits per heavy atom. The van der Waals surface area contributed by atoms with E-state index in [0.29, 0.717) is 30.3 Å². The van der Waals surface area contributed by atoms with Gasteiger partial charge in [0.05, 0.1) is 18.8 Å². The molecule has 9 heteroatoms. The summed E-state index contributed by atoms with van der Waals surface area (Å²) in [5, 5.41) is 9.13. The van der Waals surface area contributed by atoms with E-state index in [4.69, 9.17) is 10.5 Å². The van der Waals surface area contributed by atoms with Crippen LogP contribution in [-0.2, 0) is 14.3 Å². The number of nitrogens with one attached hydrogen (secondary N) is 3. The standard InChI is InChI=1S/C30H40N4O4S/c1-17(2)27-23-15-26(39-27)24(33-29(36)20-10-8-19(16-31)9-11-20)7-5-6-18(3)28(35)34-25-14-21(12-13-22(23)25)32-30(37)38-4/h12-15,18-20,24H,1,5-11,16,31H2,2-4H3,(H,32,37)(H,33,36)(H,34,35)/t18-,19-,20-,24+/m1/s1. The van der Waals surface area contributed by atoms with Gasteiger partial charge >= 0.3 is 6.09 Å². The predicted octanol–water partition coefficient (Wildman–Crippen LogP) is 6.31. The molecule has 1 saturated carbocycles. The summed E-state index contributed by atoms with van der Waals surface area (Å²) in [6.45, 7) is 8.79. The number of carbonyl (C=O) groups is 3. The summed E-state index contributed by atoms with van der Waals surface area (Å²) in [6, 6.07) is 7.40. The van der Waals surface area contributed by atoms with E-state index in [1.165, 1.54) is 7.11 Å². The zero-order chi connectivity index (χ0) is 28.1. The number of fused-ring (bicyclic) bond motifs is 4. The van der Waals surface area contributed by atoms with Gasteiger partial charge in [-0.05, 0) is 81.7 Å². The Kier molecular flexibility index (Phi) is 9.45. The molecule has 210 valence electrons. The first kappa shape index (κ1) is 28.8. The molecule has 0 spiro atoms. The highest BCUT2D eigenvalue weighted by atomic mass is 32.1. The van der Waals surface area contributed by atoms with Gasteiger partial charge in [-0.1, -0.05) is 26.0 Å². The number of thiophene rings is 1. The van der Waals surface area contributed by atoms with Crippen molar-refractivity contribution in [2.45, 2.75) is 64.8 Å². The average Bonchev–Trinajstić information content (AvgIpc) is 3.37. The van der Waals surface area contributed by atoms with E-state index < -0.39 is 6.09 Å². The summed E-state index contributed by atoms with van der Waals surface area (Å²) in [6.07, 6.45) is 5.41. The maximum absolute atomic E-state index is 13.4. The molecule has 1 aromatic heterocycles. The Labute approximate surface area is 234 Å². The lowest BCUT2D eigenvalue weighted by Crippen LogP contribution is -2.36. The summed E-state index contributed by atoms with van der Waals surface area (Å²) in [7, 11) is 1.30. The van der Waals surface area contributed by atoms with Gasteiger partial charge in [0.15, 0.2) is 0 Å². The first-order valence-electron chi connectivity index (χ1n) is 13.8.